The lowest BCUT2D eigenvalue weighted by atomic mass is 9.76. The molecule has 0 bridgehead atoms. The third-order valence-electron chi connectivity index (χ3n) is 8.40. The van der Waals surface area contributed by atoms with Gasteiger partial charge < -0.3 is 24.3 Å². The first-order chi connectivity index (χ1) is 19.2. The Labute approximate surface area is 233 Å². The minimum absolute atomic E-state index is 0.226. The van der Waals surface area contributed by atoms with Gasteiger partial charge in [0.2, 0.25) is 0 Å². The smallest absolute Gasteiger partial charge is 0.309 e. The molecule has 1 spiro atoms. The summed E-state index contributed by atoms with van der Waals surface area (Å²) in [6.45, 7) is 9.79. The zero-order valence-electron chi connectivity index (χ0n) is 23.3. The van der Waals surface area contributed by atoms with Crippen LogP contribution in [0.5, 0.6) is 11.5 Å². The summed E-state index contributed by atoms with van der Waals surface area (Å²) >= 11 is 0. The third-order valence-corrected chi connectivity index (χ3v) is 8.40. The van der Waals surface area contributed by atoms with Crippen molar-refractivity contribution in [3.05, 3.63) is 47.5 Å². The van der Waals surface area contributed by atoms with Gasteiger partial charge in [0.1, 0.15) is 29.0 Å². The molecule has 0 aromatic heterocycles. The van der Waals surface area contributed by atoms with Crippen LogP contribution in [0.3, 0.4) is 0 Å². The number of rotatable bonds is 9. The normalized spacial score (nSPS) is 19.6. The summed E-state index contributed by atoms with van der Waals surface area (Å²) < 4.78 is 40.2. The summed E-state index contributed by atoms with van der Waals surface area (Å²) in [4.78, 5) is 22.1. The second-order valence-electron chi connectivity index (χ2n) is 11.0. The van der Waals surface area contributed by atoms with Gasteiger partial charge in [-0.2, -0.15) is 0 Å². The Morgan fingerprint density at radius 3 is 2.25 bits per heavy atom. The van der Waals surface area contributed by atoms with Gasteiger partial charge in [-0.25, -0.2) is 8.78 Å². The first-order valence-corrected chi connectivity index (χ1v) is 14.0. The van der Waals surface area contributed by atoms with Crippen molar-refractivity contribution in [2.75, 3.05) is 39.4 Å². The van der Waals surface area contributed by atoms with E-state index in [1.165, 1.54) is 12.1 Å². The Bertz CT molecular complexity index is 1260. The molecule has 0 amide bonds. The minimum atomic E-state index is -0.707. The molecule has 3 aliphatic rings. The van der Waals surface area contributed by atoms with E-state index in [4.69, 9.17) is 14.3 Å². The monoisotopic (exact) mass is 557 g/mol. The van der Waals surface area contributed by atoms with Gasteiger partial charge in [-0.05, 0) is 62.9 Å². The minimum Gasteiger partial charge on any atom is -0.493 e. The van der Waals surface area contributed by atoms with Crippen LogP contribution in [0.25, 0.3) is 11.1 Å². The van der Waals surface area contributed by atoms with E-state index >= 15 is 0 Å². The number of aliphatic carboxylic acids is 1. The molecular weight excluding hydrogens is 520 g/mol. The third kappa shape index (κ3) is 5.33. The number of piperidine rings is 1. The van der Waals surface area contributed by atoms with Crippen LogP contribution in [-0.2, 0) is 16.2 Å². The molecule has 5 rings (SSSR count). The Kier molecular flexibility index (Phi) is 7.90. The number of hydrogen-bond donors (Lipinski definition) is 1. The highest BCUT2D eigenvalue weighted by molar-refractivity contribution is 5.85. The molecule has 2 aromatic rings. The van der Waals surface area contributed by atoms with Gasteiger partial charge in [0, 0.05) is 44.4 Å². The number of likely N-dealkylation sites (tertiary alicyclic amines) is 2. The number of carboxylic acids is 1. The zero-order valence-corrected chi connectivity index (χ0v) is 23.3. The molecule has 216 valence electrons. The van der Waals surface area contributed by atoms with E-state index in [1.807, 2.05) is 32.9 Å². The number of ether oxygens (including phenoxy) is 2. The van der Waals surface area contributed by atoms with Crippen molar-refractivity contribution in [1.82, 2.24) is 9.80 Å². The zero-order chi connectivity index (χ0) is 28.5. The standard InChI is InChI=1S/C30H37F2N3O5/c1-4-29(28(36)37)9-11-35(12-10-29)26-16-30(40-33-26)18-34(19-30)17-20-13-24(38-5-2)27(25(14-20)39-6-3)22-8-7-21(31)15-23(22)32/h7-8,13-15H,4-6,9-12,16-19H2,1-3H3,(H,36,37). The maximum absolute atomic E-state index is 14.8. The van der Waals surface area contributed by atoms with Crippen LogP contribution in [0, 0.1) is 17.0 Å². The molecule has 1 N–H and O–H groups in total. The van der Waals surface area contributed by atoms with E-state index in [9.17, 15) is 18.7 Å². The van der Waals surface area contributed by atoms with E-state index in [1.54, 1.807) is 0 Å². The fourth-order valence-corrected chi connectivity index (χ4v) is 6.12. The summed E-state index contributed by atoms with van der Waals surface area (Å²) in [5.74, 6) is -0.149. The number of oxime groups is 1. The van der Waals surface area contributed by atoms with E-state index in [-0.39, 0.29) is 11.2 Å². The molecular formula is C30H37F2N3O5. The van der Waals surface area contributed by atoms with Crippen LogP contribution in [0.4, 0.5) is 8.78 Å². The lowest BCUT2D eigenvalue weighted by molar-refractivity contribution is -0.151. The van der Waals surface area contributed by atoms with Crippen molar-refractivity contribution in [3.8, 4) is 22.6 Å². The van der Waals surface area contributed by atoms with Gasteiger partial charge in [0.25, 0.3) is 0 Å². The van der Waals surface area contributed by atoms with E-state index in [2.05, 4.69) is 15.0 Å². The van der Waals surface area contributed by atoms with Crippen molar-refractivity contribution < 1.29 is 33.0 Å². The molecule has 2 saturated heterocycles. The van der Waals surface area contributed by atoms with Crippen LogP contribution >= 0.6 is 0 Å². The molecule has 3 aliphatic heterocycles. The summed E-state index contributed by atoms with van der Waals surface area (Å²) in [6.07, 6.45) is 2.55. The molecule has 0 aliphatic carbocycles. The van der Waals surface area contributed by atoms with Gasteiger partial charge >= 0.3 is 5.97 Å². The Morgan fingerprint density at radius 2 is 1.70 bits per heavy atom. The molecule has 0 radical (unpaired) electrons. The van der Waals surface area contributed by atoms with Crippen LogP contribution in [0.15, 0.2) is 35.5 Å². The number of carboxylic acid groups (broad SMARTS) is 1. The number of benzene rings is 2. The topological polar surface area (TPSA) is 83.8 Å². The van der Waals surface area contributed by atoms with Gasteiger partial charge in [-0.1, -0.05) is 12.1 Å². The van der Waals surface area contributed by atoms with Crippen LogP contribution in [0.1, 0.15) is 52.0 Å². The van der Waals surface area contributed by atoms with E-state index < -0.39 is 23.0 Å². The number of hydrogen-bond acceptors (Lipinski definition) is 7. The van der Waals surface area contributed by atoms with Gasteiger partial charge in [-0.3, -0.25) is 9.69 Å². The average Bonchev–Trinajstić information content (AvgIpc) is 3.35. The van der Waals surface area contributed by atoms with Crippen LogP contribution in [0.2, 0.25) is 0 Å². The highest BCUT2D eigenvalue weighted by Crippen LogP contribution is 2.43. The van der Waals surface area contributed by atoms with E-state index in [0.29, 0.717) is 88.7 Å². The summed E-state index contributed by atoms with van der Waals surface area (Å²) in [6, 6.07) is 7.28. The van der Waals surface area contributed by atoms with Crippen LogP contribution < -0.4 is 9.47 Å². The molecule has 0 atom stereocenters. The molecule has 10 heteroatoms. The second-order valence-corrected chi connectivity index (χ2v) is 11.0. The Hall–Kier alpha value is -3.40. The number of nitrogens with zero attached hydrogens (tertiary/aromatic N) is 3. The second kappa shape index (κ2) is 11.2. The molecule has 8 nitrogen and oxygen atoms in total. The SMILES string of the molecule is CCOc1cc(CN2CC3(CC(N4CCC(CC)(C(=O)O)CC4)=NO3)C2)cc(OCC)c1-c1ccc(F)cc1F. The van der Waals surface area contributed by atoms with Crippen molar-refractivity contribution in [2.24, 2.45) is 10.6 Å². The van der Waals surface area contributed by atoms with Crippen molar-refractivity contribution >= 4 is 11.8 Å². The fourth-order valence-electron chi connectivity index (χ4n) is 6.12. The van der Waals surface area contributed by atoms with Crippen molar-refractivity contribution in [1.29, 1.82) is 0 Å². The van der Waals surface area contributed by atoms with Gasteiger partial charge in [0.15, 0.2) is 5.60 Å². The van der Waals surface area contributed by atoms with Gasteiger partial charge in [0.05, 0.1) is 30.6 Å². The highest BCUT2D eigenvalue weighted by atomic mass is 19.1. The van der Waals surface area contributed by atoms with Gasteiger partial charge in [-0.15, -0.1) is 0 Å². The quantitative estimate of drug-likeness (QED) is 0.448. The first-order valence-electron chi connectivity index (χ1n) is 14.0. The predicted octanol–water partition coefficient (Wildman–Crippen LogP) is 5.29. The largest absolute Gasteiger partial charge is 0.493 e. The highest BCUT2D eigenvalue weighted by Gasteiger charge is 2.51. The van der Waals surface area contributed by atoms with Crippen molar-refractivity contribution in [2.45, 2.75) is 58.6 Å². The van der Waals surface area contributed by atoms with E-state index in [0.717, 1.165) is 17.5 Å². The number of amidine groups is 1. The molecule has 40 heavy (non-hydrogen) atoms. The predicted molar refractivity (Wildman–Crippen MR) is 146 cm³/mol. The average molecular weight is 558 g/mol. The molecule has 0 unspecified atom stereocenters. The maximum atomic E-state index is 14.8. The first kappa shape index (κ1) is 28.1. The molecule has 3 heterocycles. The Morgan fingerprint density at radius 1 is 1.05 bits per heavy atom. The van der Waals surface area contributed by atoms with Crippen molar-refractivity contribution in [3.63, 3.8) is 0 Å². The molecule has 2 aromatic carbocycles. The summed E-state index contributed by atoms with van der Waals surface area (Å²) in [5.41, 5.74) is 0.639. The summed E-state index contributed by atoms with van der Waals surface area (Å²) in [7, 11) is 0. The van der Waals surface area contributed by atoms with Crippen LogP contribution in [-0.4, -0.2) is 71.7 Å². The fraction of sp³-hybridized carbons (Fsp3) is 0.533. The number of carbonyl (C=O) groups is 1. The number of halogens is 2. The Balaban J connectivity index is 1.25. The summed E-state index contributed by atoms with van der Waals surface area (Å²) in [5, 5.41) is 14.1. The lowest BCUT2D eigenvalue weighted by Gasteiger charge is -2.46. The maximum Gasteiger partial charge on any atom is 0.309 e. The lowest BCUT2D eigenvalue weighted by Crippen LogP contribution is -2.61. The molecule has 2 fully saturated rings. The molecule has 0 saturated carbocycles.